The van der Waals surface area contributed by atoms with Gasteiger partial charge in [0.2, 0.25) is 0 Å². The summed E-state index contributed by atoms with van der Waals surface area (Å²) in [6, 6.07) is 2.11. The van der Waals surface area contributed by atoms with E-state index in [-0.39, 0.29) is 0 Å². The van der Waals surface area contributed by atoms with Gasteiger partial charge in [-0.25, -0.2) is 15.0 Å². The van der Waals surface area contributed by atoms with Crippen LogP contribution in [0.4, 0.5) is 11.6 Å². The number of aromatic nitrogens is 3. The van der Waals surface area contributed by atoms with Gasteiger partial charge in [0, 0.05) is 57.8 Å². The molecule has 0 aliphatic carbocycles. The molecule has 0 N–H and O–H groups in total. The fraction of sp³-hybridized carbons (Fsp3) is 0.632. The number of piperazine rings is 1. The molecular weight excluding hydrogens is 344 g/mol. The molecule has 2 aliphatic rings. The van der Waals surface area contributed by atoms with Crippen molar-refractivity contribution in [2.24, 2.45) is 0 Å². The number of oxazole rings is 1. The Morgan fingerprint density at radius 2 is 1.59 bits per heavy atom. The first kappa shape index (κ1) is 18.2. The van der Waals surface area contributed by atoms with Crippen LogP contribution in [0.15, 0.2) is 23.2 Å². The Hall–Kier alpha value is -2.19. The lowest BCUT2D eigenvalue weighted by atomic mass is 10.1. The number of rotatable bonds is 5. The van der Waals surface area contributed by atoms with Gasteiger partial charge in [0.1, 0.15) is 23.7 Å². The van der Waals surface area contributed by atoms with Crippen LogP contribution in [0.1, 0.15) is 31.2 Å². The molecule has 0 spiro atoms. The highest BCUT2D eigenvalue weighted by molar-refractivity contribution is 5.50. The zero-order valence-electron chi connectivity index (χ0n) is 16.2. The SMILES string of the molecule is CC(C)c1ocnc1CN1CCN(c2cc(N3CCOCC3)ncn2)CC1. The van der Waals surface area contributed by atoms with E-state index in [0.717, 1.165) is 82.1 Å². The maximum absolute atomic E-state index is 5.55. The summed E-state index contributed by atoms with van der Waals surface area (Å²) in [5, 5.41) is 0. The minimum atomic E-state index is 0.364. The predicted molar refractivity (Wildman–Crippen MR) is 103 cm³/mol. The van der Waals surface area contributed by atoms with Gasteiger partial charge in [0.05, 0.1) is 18.9 Å². The van der Waals surface area contributed by atoms with Gasteiger partial charge >= 0.3 is 0 Å². The summed E-state index contributed by atoms with van der Waals surface area (Å²) in [6.45, 7) is 12.3. The first-order chi connectivity index (χ1) is 13.2. The third-order valence-electron chi connectivity index (χ3n) is 5.24. The second-order valence-electron chi connectivity index (χ2n) is 7.42. The first-order valence-corrected chi connectivity index (χ1v) is 9.75. The van der Waals surface area contributed by atoms with E-state index >= 15 is 0 Å². The Morgan fingerprint density at radius 3 is 2.26 bits per heavy atom. The van der Waals surface area contributed by atoms with Crippen molar-refractivity contribution >= 4 is 11.6 Å². The Balaban J connectivity index is 1.36. The zero-order valence-corrected chi connectivity index (χ0v) is 16.2. The summed E-state index contributed by atoms with van der Waals surface area (Å²) in [5.41, 5.74) is 1.06. The maximum Gasteiger partial charge on any atom is 0.181 e. The van der Waals surface area contributed by atoms with Crippen molar-refractivity contribution in [3.05, 3.63) is 30.2 Å². The van der Waals surface area contributed by atoms with Gasteiger partial charge in [-0.05, 0) is 0 Å². The van der Waals surface area contributed by atoms with Crippen LogP contribution in [-0.2, 0) is 11.3 Å². The average Bonchev–Trinajstić information content (AvgIpc) is 3.18. The molecule has 8 nitrogen and oxygen atoms in total. The van der Waals surface area contributed by atoms with Gasteiger partial charge in [-0.2, -0.15) is 0 Å². The first-order valence-electron chi connectivity index (χ1n) is 9.75. The highest BCUT2D eigenvalue weighted by Crippen LogP contribution is 2.22. The van der Waals surface area contributed by atoms with Crippen molar-refractivity contribution in [2.75, 3.05) is 62.3 Å². The molecular formula is C19H28N6O2. The van der Waals surface area contributed by atoms with E-state index < -0.39 is 0 Å². The highest BCUT2D eigenvalue weighted by Gasteiger charge is 2.22. The van der Waals surface area contributed by atoms with Gasteiger partial charge in [-0.3, -0.25) is 4.90 Å². The minimum Gasteiger partial charge on any atom is -0.448 e. The van der Waals surface area contributed by atoms with E-state index in [9.17, 15) is 0 Å². The minimum absolute atomic E-state index is 0.364. The van der Waals surface area contributed by atoms with Crippen molar-refractivity contribution in [1.82, 2.24) is 19.9 Å². The van der Waals surface area contributed by atoms with Crippen LogP contribution in [0.3, 0.4) is 0 Å². The van der Waals surface area contributed by atoms with Crippen LogP contribution in [0, 0.1) is 0 Å². The van der Waals surface area contributed by atoms with E-state index in [1.165, 1.54) is 0 Å². The Bertz CT molecular complexity index is 735. The number of nitrogens with zero attached hydrogens (tertiary/aromatic N) is 6. The second kappa shape index (κ2) is 8.22. The van der Waals surface area contributed by atoms with Crippen molar-refractivity contribution in [3.63, 3.8) is 0 Å². The molecule has 2 aromatic heterocycles. The zero-order chi connectivity index (χ0) is 18.6. The molecule has 0 amide bonds. The van der Waals surface area contributed by atoms with E-state index in [1.807, 2.05) is 0 Å². The van der Waals surface area contributed by atoms with Crippen LogP contribution in [-0.4, -0.2) is 72.3 Å². The molecule has 4 rings (SSSR count). The number of anilines is 2. The van der Waals surface area contributed by atoms with Gasteiger partial charge < -0.3 is 19.0 Å². The highest BCUT2D eigenvalue weighted by atomic mass is 16.5. The molecule has 0 aromatic carbocycles. The molecule has 0 bridgehead atoms. The molecule has 8 heteroatoms. The largest absolute Gasteiger partial charge is 0.448 e. The monoisotopic (exact) mass is 372 g/mol. The van der Waals surface area contributed by atoms with E-state index in [2.05, 4.69) is 49.6 Å². The molecule has 0 saturated carbocycles. The quantitative estimate of drug-likeness (QED) is 0.786. The molecule has 2 aliphatic heterocycles. The number of ether oxygens (including phenoxy) is 1. The lowest BCUT2D eigenvalue weighted by Crippen LogP contribution is -2.46. The van der Waals surface area contributed by atoms with Crippen LogP contribution in [0.2, 0.25) is 0 Å². The van der Waals surface area contributed by atoms with Crippen LogP contribution < -0.4 is 9.80 Å². The summed E-state index contributed by atoms with van der Waals surface area (Å²) in [4.78, 5) is 20.4. The maximum atomic E-state index is 5.55. The van der Waals surface area contributed by atoms with Crippen molar-refractivity contribution in [1.29, 1.82) is 0 Å². The Labute approximate surface area is 160 Å². The summed E-state index contributed by atoms with van der Waals surface area (Å²) in [5.74, 6) is 3.37. The Morgan fingerprint density at radius 1 is 0.926 bits per heavy atom. The van der Waals surface area contributed by atoms with E-state index in [0.29, 0.717) is 5.92 Å². The summed E-state index contributed by atoms with van der Waals surface area (Å²) >= 11 is 0. The summed E-state index contributed by atoms with van der Waals surface area (Å²) < 4.78 is 11.0. The second-order valence-corrected chi connectivity index (χ2v) is 7.42. The molecule has 2 fully saturated rings. The number of morpholine rings is 1. The summed E-state index contributed by atoms with van der Waals surface area (Å²) in [7, 11) is 0. The fourth-order valence-electron chi connectivity index (χ4n) is 3.69. The normalized spacial score (nSPS) is 19.1. The van der Waals surface area contributed by atoms with Crippen molar-refractivity contribution in [3.8, 4) is 0 Å². The van der Waals surface area contributed by atoms with Crippen molar-refractivity contribution < 1.29 is 9.15 Å². The van der Waals surface area contributed by atoms with Crippen LogP contribution >= 0.6 is 0 Å². The van der Waals surface area contributed by atoms with E-state index in [4.69, 9.17) is 9.15 Å². The topological polar surface area (TPSA) is 70.8 Å². The molecule has 27 heavy (non-hydrogen) atoms. The lowest BCUT2D eigenvalue weighted by Gasteiger charge is -2.35. The van der Waals surface area contributed by atoms with Crippen molar-refractivity contribution in [2.45, 2.75) is 26.3 Å². The fourth-order valence-corrected chi connectivity index (χ4v) is 3.69. The Kier molecular flexibility index (Phi) is 5.54. The summed E-state index contributed by atoms with van der Waals surface area (Å²) in [6.07, 6.45) is 3.24. The lowest BCUT2D eigenvalue weighted by molar-refractivity contribution is 0.122. The molecule has 2 saturated heterocycles. The van der Waals surface area contributed by atoms with Crippen LogP contribution in [0.5, 0.6) is 0 Å². The predicted octanol–water partition coefficient (Wildman–Crippen LogP) is 1.75. The smallest absolute Gasteiger partial charge is 0.181 e. The molecule has 4 heterocycles. The van der Waals surface area contributed by atoms with Gasteiger partial charge in [0.25, 0.3) is 0 Å². The van der Waals surface area contributed by atoms with E-state index in [1.54, 1.807) is 12.7 Å². The third kappa shape index (κ3) is 4.22. The molecule has 2 aromatic rings. The molecule has 146 valence electrons. The average molecular weight is 372 g/mol. The number of hydrogen-bond acceptors (Lipinski definition) is 8. The molecule has 0 unspecified atom stereocenters. The van der Waals surface area contributed by atoms with Gasteiger partial charge in [0.15, 0.2) is 6.39 Å². The number of hydrogen-bond donors (Lipinski definition) is 0. The standard InChI is InChI=1S/C19H28N6O2/c1-15(2)19-16(22-14-27-19)12-23-3-5-24(6-4-23)17-11-18(21-13-20-17)25-7-9-26-10-8-25/h11,13-15H,3-10,12H2,1-2H3. The molecule has 0 atom stereocenters. The van der Waals surface area contributed by atoms with Gasteiger partial charge in [-0.15, -0.1) is 0 Å². The van der Waals surface area contributed by atoms with Crippen LogP contribution in [0.25, 0.3) is 0 Å². The molecule has 0 radical (unpaired) electrons. The van der Waals surface area contributed by atoms with Gasteiger partial charge in [-0.1, -0.05) is 13.8 Å². The third-order valence-corrected chi connectivity index (χ3v) is 5.24.